The van der Waals surface area contributed by atoms with E-state index in [2.05, 4.69) is 10.1 Å². The molecule has 0 saturated carbocycles. The maximum absolute atomic E-state index is 11.9. The van der Waals surface area contributed by atoms with Gasteiger partial charge in [-0.25, -0.2) is 9.50 Å². The molecule has 24 heavy (non-hydrogen) atoms. The molecule has 0 aliphatic heterocycles. The summed E-state index contributed by atoms with van der Waals surface area (Å²) in [6.45, 7) is 3.81. The lowest BCUT2D eigenvalue weighted by Gasteiger charge is -2.13. The van der Waals surface area contributed by atoms with Crippen LogP contribution >= 0.6 is 0 Å². The van der Waals surface area contributed by atoms with Crippen molar-refractivity contribution >= 4 is 11.4 Å². The number of aromatic nitrogens is 3. The standard InChI is InChI=1S/C18H19N3O3/c1-5-15(22)13-10-18-19-7-6-14(21(18)20-13)12-9-17(24-4)16(23-3)8-11(12)2/h6-10H,5H2,1-4H3. The fourth-order valence-electron chi connectivity index (χ4n) is 2.67. The first-order valence-corrected chi connectivity index (χ1v) is 7.70. The number of rotatable bonds is 5. The van der Waals surface area contributed by atoms with Gasteiger partial charge in [0.15, 0.2) is 22.9 Å². The number of nitrogens with zero attached hydrogens (tertiary/aromatic N) is 3. The van der Waals surface area contributed by atoms with Gasteiger partial charge in [0.1, 0.15) is 5.69 Å². The first-order chi connectivity index (χ1) is 11.6. The number of carbonyl (C=O) groups is 1. The SMILES string of the molecule is CCC(=O)c1cc2nccc(-c3cc(OC)c(OC)cc3C)n2n1. The molecule has 6 nitrogen and oxygen atoms in total. The largest absolute Gasteiger partial charge is 0.493 e. The molecular weight excluding hydrogens is 306 g/mol. The highest BCUT2D eigenvalue weighted by molar-refractivity contribution is 5.95. The summed E-state index contributed by atoms with van der Waals surface area (Å²) in [6.07, 6.45) is 2.12. The summed E-state index contributed by atoms with van der Waals surface area (Å²) in [6, 6.07) is 7.41. The summed E-state index contributed by atoms with van der Waals surface area (Å²) in [7, 11) is 3.21. The van der Waals surface area contributed by atoms with E-state index in [0.717, 1.165) is 16.8 Å². The number of aryl methyl sites for hydroxylation is 1. The number of ether oxygens (including phenoxy) is 2. The van der Waals surface area contributed by atoms with Crippen molar-refractivity contribution < 1.29 is 14.3 Å². The van der Waals surface area contributed by atoms with Crippen LogP contribution in [0.1, 0.15) is 29.4 Å². The molecule has 3 aromatic rings. The van der Waals surface area contributed by atoms with Crippen LogP contribution in [0.5, 0.6) is 11.5 Å². The van der Waals surface area contributed by atoms with E-state index >= 15 is 0 Å². The lowest BCUT2D eigenvalue weighted by Crippen LogP contribution is -2.01. The number of benzene rings is 1. The van der Waals surface area contributed by atoms with Gasteiger partial charge in [0.25, 0.3) is 0 Å². The van der Waals surface area contributed by atoms with Gasteiger partial charge >= 0.3 is 0 Å². The number of methoxy groups -OCH3 is 2. The summed E-state index contributed by atoms with van der Waals surface area (Å²) in [5, 5.41) is 4.43. The number of ketones is 1. The Morgan fingerprint density at radius 1 is 1.17 bits per heavy atom. The lowest BCUT2D eigenvalue weighted by atomic mass is 10.0. The number of hydrogen-bond acceptors (Lipinski definition) is 5. The van der Waals surface area contributed by atoms with Crippen molar-refractivity contribution in [2.45, 2.75) is 20.3 Å². The number of Topliss-reactive ketones (excluding diaryl/α,β-unsaturated/α-hetero) is 1. The summed E-state index contributed by atoms with van der Waals surface area (Å²) >= 11 is 0. The Balaban J connectivity index is 2.23. The molecule has 0 atom stereocenters. The van der Waals surface area contributed by atoms with Crippen molar-refractivity contribution in [3.8, 4) is 22.8 Å². The predicted octanol–water partition coefficient (Wildman–Crippen LogP) is 3.31. The zero-order valence-corrected chi connectivity index (χ0v) is 14.2. The van der Waals surface area contributed by atoms with Crippen LogP contribution in [0.4, 0.5) is 0 Å². The average Bonchev–Trinajstić information content (AvgIpc) is 3.05. The fraction of sp³-hybridized carbons (Fsp3) is 0.278. The highest BCUT2D eigenvalue weighted by Gasteiger charge is 2.16. The Labute approximate surface area is 140 Å². The number of hydrogen-bond donors (Lipinski definition) is 0. The number of fused-ring (bicyclic) bond motifs is 1. The van der Waals surface area contributed by atoms with Gasteiger partial charge in [-0.3, -0.25) is 4.79 Å². The van der Waals surface area contributed by atoms with E-state index in [4.69, 9.17) is 9.47 Å². The van der Waals surface area contributed by atoms with Crippen molar-refractivity contribution in [1.82, 2.24) is 14.6 Å². The van der Waals surface area contributed by atoms with Gasteiger partial charge in [-0.2, -0.15) is 5.10 Å². The van der Waals surface area contributed by atoms with Gasteiger partial charge in [0.05, 0.1) is 19.9 Å². The van der Waals surface area contributed by atoms with Gasteiger partial charge in [-0.05, 0) is 30.7 Å². The molecule has 0 amide bonds. The minimum absolute atomic E-state index is 0.00418. The highest BCUT2D eigenvalue weighted by atomic mass is 16.5. The molecule has 0 spiro atoms. The summed E-state index contributed by atoms with van der Waals surface area (Å²) in [4.78, 5) is 16.2. The molecule has 0 fully saturated rings. The van der Waals surface area contributed by atoms with Gasteiger partial charge in [0, 0.05) is 24.2 Å². The van der Waals surface area contributed by atoms with Crippen LogP contribution in [-0.2, 0) is 0 Å². The van der Waals surface area contributed by atoms with Crippen LogP contribution in [0.25, 0.3) is 16.9 Å². The minimum Gasteiger partial charge on any atom is -0.493 e. The minimum atomic E-state index is -0.00418. The van der Waals surface area contributed by atoms with Gasteiger partial charge in [0.2, 0.25) is 0 Å². The first-order valence-electron chi connectivity index (χ1n) is 7.70. The van der Waals surface area contributed by atoms with Crippen molar-refractivity contribution in [2.24, 2.45) is 0 Å². The molecule has 0 aliphatic rings. The molecule has 1 aromatic carbocycles. The van der Waals surface area contributed by atoms with Gasteiger partial charge in [-0.1, -0.05) is 6.92 Å². The molecule has 0 bridgehead atoms. The quantitative estimate of drug-likeness (QED) is 0.673. The zero-order valence-electron chi connectivity index (χ0n) is 14.2. The Bertz CT molecular complexity index is 915. The van der Waals surface area contributed by atoms with E-state index in [1.165, 1.54) is 0 Å². The van der Waals surface area contributed by atoms with Crippen molar-refractivity contribution in [3.05, 3.63) is 41.7 Å². The second-order valence-corrected chi connectivity index (χ2v) is 5.43. The average molecular weight is 325 g/mol. The van der Waals surface area contributed by atoms with Crippen molar-refractivity contribution in [3.63, 3.8) is 0 Å². The predicted molar refractivity (Wildman–Crippen MR) is 90.9 cm³/mol. The summed E-state index contributed by atoms with van der Waals surface area (Å²) in [5.74, 6) is 1.31. The first kappa shape index (κ1) is 16.0. The monoisotopic (exact) mass is 325 g/mol. The van der Waals surface area contributed by atoms with E-state index in [-0.39, 0.29) is 5.78 Å². The van der Waals surface area contributed by atoms with Crippen LogP contribution in [-0.4, -0.2) is 34.6 Å². The van der Waals surface area contributed by atoms with Gasteiger partial charge in [-0.15, -0.1) is 0 Å². The molecule has 3 rings (SSSR count). The zero-order chi connectivity index (χ0) is 17.3. The van der Waals surface area contributed by atoms with Crippen LogP contribution in [0.15, 0.2) is 30.5 Å². The topological polar surface area (TPSA) is 65.7 Å². The van der Waals surface area contributed by atoms with Gasteiger partial charge < -0.3 is 9.47 Å². The molecule has 124 valence electrons. The van der Waals surface area contributed by atoms with Crippen LogP contribution < -0.4 is 9.47 Å². The molecular formula is C18H19N3O3. The van der Waals surface area contributed by atoms with Crippen LogP contribution in [0.3, 0.4) is 0 Å². The Morgan fingerprint density at radius 2 is 1.88 bits per heavy atom. The fourth-order valence-corrected chi connectivity index (χ4v) is 2.67. The third kappa shape index (κ3) is 2.60. The third-order valence-corrected chi connectivity index (χ3v) is 3.97. The molecule has 0 N–H and O–H groups in total. The Hall–Kier alpha value is -2.89. The third-order valence-electron chi connectivity index (χ3n) is 3.97. The van der Waals surface area contributed by atoms with E-state index in [1.807, 2.05) is 32.0 Å². The molecule has 2 aromatic heterocycles. The number of carbonyl (C=O) groups excluding carboxylic acids is 1. The van der Waals surface area contributed by atoms with E-state index in [0.29, 0.717) is 29.3 Å². The second kappa shape index (κ2) is 6.31. The van der Waals surface area contributed by atoms with Crippen molar-refractivity contribution in [2.75, 3.05) is 14.2 Å². The second-order valence-electron chi connectivity index (χ2n) is 5.43. The molecule has 0 unspecified atom stereocenters. The Kier molecular flexibility index (Phi) is 4.20. The maximum atomic E-state index is 11.9. The van der Waals surface area contributed by atoms with E-state index < -0.39 is 0 Å². The normalized spacial score (nSPS) is 10.8. The summed E-state index contributed by atoms with van der Waals surface area (Å²) < 4.78 is 12.4. The molecule has 0 saturated heterocycles. The summed E-state index contributed by atoms with van der Waals surface area (Å²) in [5.41, 5.74) is 3.86. The molecule has 0 aliphatic carbocycles. The van der Waals surface area contributed by atoms with E-state index in [9.17, 15) is 4.79 Å². The highest BCUT2D eigenvalue weighted by Crippen LogP contribution is 2.35. The lowest BCUT2D eigenvalue weighted by molar-refractivity contribution is 0.0983. The van der Waals surface area contributed by atoms with Crippen LogP contribution in [0, 0.1) is 6.92 Å². The maximum Gasteiger partial charge on any atom is 0.182 e. The Morgan fingerprint density at radius 3 is 2.54 bits per heavy atom. The van der Waals surface area contributed by atoms with Crippen molar-refractivity contribution in [1.29, 1.82) is 0 Å². The smallest absolute Gasteiger partial charge is 0.182 e. The van der Waals surface area contributed by atoms with Crippen LogP contribution in [0.2, 0.25) is 0 Å². The molecule has 6 heteroatoms. The molecule has 0 radical (unpaired) electrons. The molecule has 2 heterocycles. The van der Waals surface area contributed by atoms with E-state index in [1.54, 1.807) is 31.0 Å².